The highest BCUT2D eigenvalue weighted by Crippen LogP contribution is 2.31. The highest BCUT2D eigenvalue weighted by Gasteiger charge is 2.15. The van der Waals surface area contributed by atoms with Crippen LogP contribution in [0.15, 0.2) is 218 Å². The Morgan fingerprint density at radius 1 is 0.316 bits per heavy atom. The van der Waals surface area contributed by atoms with E-state index in [-0.39, 0.29) is 0 Å². The molecular formula is C57H56. The first-order valence-electron chi connectivity index (χ1n) is 20.6. The van der Waals surface area contributed by atoms with Crippen molar-refractivity contribution < 1.29 is 0 Å². The molecule has 0 fully saturated rings. The summed E-state index contributed by atoms with van der Waals surface area (Å²) in [6.07, 6.45) is 3.06. The average Bonchev–Trinajstić information content (AvgIpc) is 3.28. The first-order valence-corrected chi connectivity index (χ1v) is 20.6. The predicted octanol–water partition coefficient (Wildman–Crippen LogP) is 15.4. The summed E-state index contributed by atoms with van der Waals surface area (Å²) in [6, 6.07) is 78.9. The van der Waals surface area contributed by atoms with E-state index < -0.39 is 0 Å². The lowest BCUT2D eigenvalue weighted by atomic mass is 9.85. The summed E-state index contributed by atoms with van der Waals surface area (Å²) in [5.74, 6) is 0.840. The van der Waals surface area contributed by atoms with Crippen molar-refractivity contribution in [2.75, 3.05) is 0 Å². The van der Waals surface area contributed by atoms with Gasteiger partial charge in [-0.15, -0.1) is 0 Å². The highest BCUT2D eigenvalue weighted by molar-refractivity contribution is 5.65. The van der Waals surface area contributed by atoms with Crippen molar-refractivity contribution in [3.63, 3.8) is 0 Å². The van der Waals surface area contributed by atoms with Crippen LogP contribution in [-0.4, -0.2) is 0 Å². The summed E-state index contributed by atoms with van der Waals surface area (Å²) in [5, 5.41) is 0. The normalized spacial score (nSPS) is 11.6. The lowest BCUT2D eigenvalue weighted by molar-refractivity contribution is 0.759. The molecule has 0 aliphatic heterocycles. The maximum absolute atomic E-state index is 2.31. The smallest absolute Gasteiger partial charge is 0.0130 e. The van der Waals surface area contributed by atoms with Crippen LogP contribution in [-0.2, 0) is 19.3 Å². The second-order valence-electron chi connectivity index (χ2n) is 14.7. The van der Waals surface area contributed by atoms with Crippen molar-refractivity contribution in [3.05, 3.63) is 263 Å². The number of hydrogen-bond donors (Lipinski definition) is 0. The SMILES string of the molecule is CC.CC(Cc1ccccc1)c1ccc(-c2ccc(C(Cc3ccccc3)c3ccccc3)cc2)cc1.Cc1ccc(-c2ccc(Cc3ccccc3)cc2)cc1. The van der Waals surface area contributed by atoms with E-state index in [0.29, 0.717) is 11.8 Å². The zero-order valence-electron chi connectivity index (χ0n) is 34.1. The zero-order valence-corrected chi connectivity index (χ0v) is 34.1. The minimum Gasteiger partial charge on any atom is -0.0683 e. The quantitative estimate of drug-likeness (QED) is 0.124. The topological polar surface area (TPSA) is 0 Å². The maximum Gasteiger partial charge on any atom is 0.0130 e. The van der Waals surface area contributed by atoms with Crippen LogP contribution in [0.1, 0.15) is 77.1 Å². The standard InChI is InChI=1S/C35H32.C20H18.C2H6/c1-27(25-28-11-5-2-6-12-28)30-17-19-31(20-18-30)32-21-23-34(24-22-32)35(33-15-9-4-10-16-33)26-29-13-7-3-8-14-29;1-16-7-11-19(12-8-16)20-13-9-18(10-14-20)15-17-5-3-2-4-6-17;1-2/h2-24,27,35H,25-26H2,1H3;2-14H,15H2,1H3;1-2H3. The van der Waals surface area contributed by atoms with Crippen LogP contribution >= 0.6 is 0 Å². The van der Waals surface area contributed by atoms with Gasteiger partial charge in [-0.05, 0) is 93.3 Å². The molecule has 0 amide bonds. The Bertz CT molecular complexity index is 2290. The molecule has 0 bridgehead atoms. The van der Waals surface area contributed by atoms with Crippen LogP contribution in [0.2, 0.25) is 0 Å². The molecule has 284 valence electrons. The van der Waals surface area contributed by atoms with Gasteiger partial charge in [0.25, 0.3) is 0 Å². The van der Waals surface area contributed by atoms with E-state index in [1.165, 1.54) is 66.8 Å². The predicted molar refractivity (Wildman–Crippen MR) is 246 cm³/mol. The van der Waals surface area contributed by atoms with Gasteiger partial charge in [0, 0.05) is 5.92 Å². The van der Waals surface area contributed by atoms with Crippen molar-refractivity contribution in [2.24, 2.45) is 0 Å². The maximum atomic E-state index is 2.31. The van der Waals surface area contributed by atoms with Crippen molar-refractivity contribution in [3.8, 4) is 22.3 Å². The summed E-state index contributed by atoms with van der Waals surface area (Å²) in [7, 11) is 0. The molecule has 57 heavy (non-hydrogen) atoms. The molecule has 0 saturated carbocycles. The molecule has 0 N–H and O–H groups in total. The highest BCUT2D eigenvalue weighted by atomic mass is 14.2. The molecule has 0 aliphatic carbocycles. The fraction of sp³-hybridized carbons (Fsp3) is 0.158. The molecule has 0 heteroatoms. The Morgan fingerprint density at radius 2 is 0.649 bits per heavy atom. The molecular weight excluding hydrogens is 685 g/mol. The Labute approximate surface area is 342 Å². The molecule has 0 aliphatic rings. The third-order valence-electron chi connectivity index (χ3n) is 10.6. The van der Waals surface area contributed by atoms with Gasteiger partial charge in [-0.25, -0.2) is 0 Å². The van der Waals surface area contributed by atoms with Gasteiger partial charge < -0.3 is 0 Å². The van der Waals surface area contributed by atoms with Crippen LogP contribution < -0.4 is 0 Å². The summed E-state index contributed by atoms with van der Waals surface area (Å²) in [4.78, 5) is 0. The van der Waals surface area contributed by atoms with Crippen LogP contribution in [0, 0.1) is 6.92 Å². The van der Waals surface area contributed by atoms with Gasteiger partial charge in [-0.3, -0.25) is 0 Å². The van der Waals surface area contributed by atoms with Crippen LogP contribution in [0.5, 0.6) is 0 Å². The van der Waals surface area contributed by atoms with E-state index in [0.717, 1.165) is 19.3 Å². The second kappa shape index (κ2) is 21.2. The van der Waals surface area contributed by atoms with Gasteiger partial charge in [-0.1, -0.05) is 245 Å². The van der Waals surface area contributed by atoms with Gasteiger partial charge in [0.15, 0.2) is 0 Å². The lowest BCUT2D eigenvalue weighted by Gasteiger charge is -2.19. The minimum absolute atomic E-state index is 0.342. The lowest BCUT2D eigenvalue weighted by Crippen LogP contribution is -2.05. The third kappa shape index (κ3) is 11.9. The molecule has 0 spiro atoms. The van der Waals surface area contributed by atoms with E-state index in [1.54, 1.807) is 0 Å². The van der Waals surface area contributed by atoms with E-state index in [1.807, 2.05) is 13.8 Å². The summed E-state index contributed by atoms with van der Waals surface area (Å²) >= 11 is 0. The summed E-state index contributed by atoms with van der Waals surface area (Å²) in [6.45, 7) is 8.43. The number of benzene rings is 8. The van der Waals surface area contributed by atoms with Gasteiger partial charge in [-0.2, -0.15) is 0 Å². The van der Waals surface area contributed by atoms with Crippen molar-refractivity contribution in [1.82, 2.24) is 0 Å². The van der Waals surface area contributed by atoms with Crippen molar-refractivity contribution >= 4 is 0 Å². The van der Waals surface area contributed by atoms with E-state index in [4.69, 9.17) is 0 Å². The molecule has 0 nitrogen and oxygen atoms in total. The molecule has 0 saturated heterocycles. The molecule has 8 aromatic carbocycles. The van der Waals surface area contributed by atoms with Crippen LogP contribution in [0.3, 0.4) is 0 Å². The van der Waals surface area contributed by atoms with E-state index >= 15 is 0 Å². The average molecular weight is 741 g/mol. The summed E-state index contributed by atoms with van der Waals surface area (Å²) in [5.41, 5.74) is 16.0. The molecule has 0 aromatic heterocycles. The van der Waals surface area contributed by atoms with Gasteiger partial charge in [0.05, 0.1) is 0 Å². The second-order valence-corrected chi connectivity index (χ2v) is 14.7. The Morgan fingerprint density at radius 3 is 1.12 bits per heavy atom. The van der Waals surface area contributed by atoms with Crippen LogP contribution in [0.4, 0.5) is 0 Å². The zero-order chi connectivity index (χ0) is 39.7. The number of rotatable bonds is 11. The van der Waals surface area contributed by atoms with Crippen LogP contribution in [0.25, 0.3) is 22.3 Å². The summed E-state index contributed by atoms with van der Waals surface area (Å²) < 4.78 is 0. The molecule has 2 unspecified atom stereocenters. The Balaban J connectivity index is 0.000000211. The fourth-order valence-corrected chi connectivity index (χ4v) is 7.35. The van der Waals surface area contributed by atoms with Gasteiger partial charge in [0.1, 0.15) is 0 Å². The monoisotopic (exact) mass is 740 g/mol. The third-order valence-corrected chi connectivity index (χ3v) is 10.6. The molecule has 8 rings (SSSR count). The molecule has 2 atom stereocenters. The Hall–Kier alpha value is -6.24. The number of hydrogen-bond acceptors (Lipinski definition) is 0. The van der Waals surface area contributed by atoms with E-state index in [9.17, 15) is 0 Å². The fourth-order valence-electron chi connectivity index (χ4n) is 7.35. The van der Waals surface area contributed by atoms with Crippen molar-refractivity contribution in [2.45, 2.75) is 58.8 Å². The molecule has 0 radical (unpaired) electrons. The number of aryl methyl sites for hydroxylation is 1. The van der Waals surface area contributed by atoms with Crippen molar-refractivity contribution in [1.29, 1.82) is 0 Å². The first-order chi connectivity index (χ1) is 28.1. The first kappa shape index (κ1) is 40.4. The molecule has 8 aromatic rings. The van der Waals surface area contributed by atoms with E-state index in [2.05, 4.69) is 232 Å². The molecule has 0 heterocycles. The van der Waals surface area contributed by atoms with Gasteiger partial charge in [0.2, 0.25) is 0 Å². The van der Waals surface area contributed by atoms with Gasteiger partial charge >= 0.3 is 0 Å². The largest absolute Gasteiger partial charge is 0.0683 e. The Kier molecular flexibility index (Phi) is 15.0. The minimum atomic E-state index is 0.342.